The summed E-state index contributed by atoms with van der Waals surface area (Å²) in [5, 5.41) is 3.01. The van der Waals surface area contributed by atoms with Crippen LogP contribution in [0.2, 0.25) is 0 Å². The molecule has 1 aromatic heterocycles. The van der Waals surface area contributed by atoms with Gasteiger partial charge in [0.15, 0.2) is 11.5 Å². The molecule has 0 unspecified atom stereocenters. The number of benzene rings is 2. The van der Waals surface area contributed by atoms with E-state index in [0.717, 1.165) is 45.2 Å². The number of carbonyl (C=O) groups is 1. The van der Waals surface area contributed by atoms with Crippen molar-refractivity contribution in [3.05, 3.63) is 64.5 Å². The number of nitrogens with one attached hydrogen (secondary N) is 1. The first-order chi connectivity index (χ1) is 13.3. The number of hydrogen-bond acceptors (Lipinski definition) is 5. The number of thiophene rings is 1. The second-order valence-electron chi connectivity index (χ2n) is 6.44. The summed E-state index contributed by atoms with van der Waals surface area (Å²) in [4.78, 5) is 14.4. The van der Waals surface area contributed by atoms with Crippen LogP contribution in [0.1, 0.15) is 20.8 Å². The van der Waals surface area contributed by atoms with Gasteiger partial charge in [0.1, 0.15) is 12.4 Å². The van der Waals surface area contributed by atoms with Gasteiger partial charge in [-0.2, -0.15) is 0 Å². The Morgan fingerprint density at radius 2 is 1.89 bits per heavy atom. The van der Waals surface area contributed by atoms with Crippen molar-refractivity contribution in [1.29, 1.82) is 0 Å². The van der Waals surface area contributed by atoms with Crippen molar-refractivity contribution in [2.45, 2.75) is 13.0 Å². The second-order valence-corrected chi connectivity index (χ2v) is 7.50. The van der Waals surface area contributed by atoms with Gasteiger partial charge in [-0.15, -0.1) is 11.3 Å². The lowest BCUT2D eigenvalue weighted by atomic mass is 10.1. The fourth-order valence-corrected chi connectivity index (χ4v) is 4.43. The molecule has 27 heavy (non-hydrogen) atoms. The second kappa shape index (κ2) is 6.63. The van der Waals surface area contributed by atoms with Gasteiger partial charge in [-0.25, -0.2) is 0 Å². The first kappa shape index (κ1) is 16.2. The van der Waals surface area contributed by atoms with Crippen LogP contribution in [0.25, 0.3) is 10.4 Å². The van der Waals surface area contributed by atoms with E-state index in [9.17, 15) is 4.79 Å². The van der Waals surface area contributed by atoms with E-state index in [0.29, 0.717) is 18.0 Å². The zero-order chi connectivity index (χ0) is 18.2. The van der Waals surface area contributed by atoms with E-state index in [-0.39, 0.29) is 12.7 Å². The van der Waals surface area contributed by atoms with Crippen LogP contribution >= 0.6 is 11.3 Å². The van der Waals surface area contributed by atoms with Gasteiger partial charge in [-0.05, 0) is 42.3 Å². The molecular weight excluding hydrogens is 362 g/mol. The highest BCUT2D eigenvalue weighted by Crippen LogP contribution is 2.42. The molecule has 3 aromatic rings. The Bertz CT molecular complexity index is 1030. The molecule has 0 bridgehead atoms. The summed E-state index contributed by atoms with van der Waals surface area (Å²) in [5.74, 6) is 2.37. The van der Waals surface area contributed by atoms with Crippen molar-refractivity contribution in [3.63, 3.8) is 0 Å². The van der Waals surface area contributed by atoms with Crippen LogP contribution in [0.4, 0.5) is 0 Å². The number of fused-ring (bicyclic) bond motifs is 4. The van der Waals surface area contributed by atoms with Crippen LogP contribution in [0.5, 0.6) is 17.2 Å². The van der Waals surface area contributed by atoms with Gasteiger partial charge in [-0.3, -0.25) is 4.79 Å². The Kier molecular flexibility index (Phi) is 3.98. The van der Waals surface area contributed by atoms with Gasteiger partial charge in [0.25, 0.3) is 5.91 Å². The number of para-hydroxylation sites is 1. The number of amides is 1. The van der Waals surface area contributed by atoms with E-state index in [1.165, 1.54) is 11.3 Å². The summed E-state index contributed by atoms with van der Waals surface area (Å²) in [6, 6.07) is 15.7. The zero-order valence-corrected chi connectivity index (χ0v) is 15.3. The Morgan fingerprint density at radius 1 is 1.00 bits per heavy atom. The maximum absolute atomic E-state index is 12.6. The quantitative estimate of drug-likeness (QED) is 0.744. The zero-order valence-electron chi connectivity index (χ0n) is 14.5. The van der Waals surface area contributed by atoms with Crippen molar-refractivity contribution in [3.8, 4) is 27.7 Å². The predicted octanol–water partition coefficient (Wildman–Crippen LogP) is 4.01. The summed E-state index contributed by atoms with van der Waals surface area (Å²) in [6.07, 6.45) is 0.736. The van der Waals surface area contributed by atoms with E-state index in [2.05, 4.69) is 5.32 Å². The van der Waals surface area contributed by atoms with Gasteiger partial charge in [-0.1, -0.05) is 18.2 Å². The molecule has 1 N–H and O–H groups in total. The van der Waals surface area contributed by atoms with Gasteiger partial charge in [0, 0.05) is 22.5 Å². The highest BCUT2D eigenvalue weighted by atomic mass is 32.1. The van der Waals surface area contributed by atoms with Crippen molar-refractivity contribution in [2.75, 3.05) is 13.3 Å². The van der Waals surface area contributed by atoms with Crippen LogP contribution < -0.4 is 19.5 Å². The third-order valence-corrected chi connectivity index (χ3v) is 5.89. The van der Waals surface area contributed by atoms with Gasteiger partial charge >= 0.3 is 0 Å². The molecule has 0 atom stereocenters. The Labute approximate surface area is 160 Å². The molecule has 2 aromatic carbocycles. The Balaban J connectivity index is 1.25. The van der Waals surface area contributed by atoms with E-state index in [4.69, 9.17) is 14.2 Å². The van der Waals surface area contributed by atoms with Gasteiger partial charge in [0.05, 0.1) is 4.88 Å². The highest BCUT2D eigenvalue weighted by molar-refractivity contribution is 7.17. The average molecular weight is 379 g/mol. The number of rotatable bonds is 4. The third kappa shape index (κ3) is 3.02. The summed E-state index contributed by atoms with van der Waals surface area (Å²) in [7, 11) is 0. The SMILES string of the molecule is O=C(NCCc1ccc2c(c1)OCO2)c1cc2c(s1)-c1ccccc1OC2. The van der Waals surface area contributed by atoms with Crippen LogP contribution in [-0.4, -0.2) is 19.2 Å². The molecule has 0 radical (unpaired) electrons. The molecule has 5 rings (SSSR count). The minimum Gasteiger partial charge on any atom is -0.488 e. The average Bonchev–Trinajstić information content (AvgIpc) is 3.34. The van der Waals surface area contributed by atoms with Crippen LogP contribution in [0.15, 0.2) is 48.5 Å². The molecule has 0 aliphatic carbocycles. The molecule has 136 valence electrons. The molecule has 2 aliphatic rings. The molecule has 1 amide bonds. The van der Waals surface area contributed by atoms with Gasteiger partial charge < -0.3 is 19.5 Å². The minimum absolute atomic E-state index is 0.0485. The fraction of sp³-hybridized carbons (Fsp3) is 0.190. The van der Waals surface area contributed by atoms with E-state index < -0.39 is 0 Å². The Hall–Kier alpha value is -2.99. The molecule has 3 heterocycles. The molecular formula is C21H17NO4S. The first-order valence-corrected chi connectivity index (χ1v) is 9.61. The predicted molar refractivity (Wildman–Crippen MR) is 103 cm³/mol. The molecule has 0 saturated heterocycles. The standard InChI is InChI=1S/C21H17NO4S/c23-21(22-8-7-13-5-6-17-18(9-13)26-12-25-17)19-10-14-11-24-16-4-2-1-3-15(16)20(14)27-19/h1-6,9-10H,7-8,11-12H2,(H,22,23). The maximum Gasteiger partial charge on any atom is 0.261 e. The topological polar surface area (TPSA) is 56.8 Å². The van der Waals surface area contributed by atoms with Crippen LogP contribution in [-0.2, 0) is 13.0 Å². The summed E-state index contributed by atoms with van der Waals surface area (Å²) >= 11 is 1.52. The third-order valence-electron chi connectivity index (χ3n) is 4.68. The normalized spacial score (nSPS) is 13.5. The van der Waals surface area contributed by atoms with Crippen LogP contribution in [0, 0.1) is 0 Å². The summed E-state index contributed by atoms with van der Waals surface area (Å²) in [6.45, 7) is 1.34. The van der Waals surface area contributed by atoms with E-state index in [1.54, 1.807) is 0 Å². The van der Waals surface area contributed by atoms with Crippen molar-refractivity contribution < 1.29 is 19.0 Å². The number of ether oxygens (including phenoxy) is 3. The maximum atomic E-state index is 12.6. The molecule has 2 aliphatic heterocycles. The monoisotopic (exact) mass is 379 g/mol. The largest absolute Gasteiger partial charge is 0.488 e. The first-order valence-electron chi connectivity index (χ1n) is 8.79. The van der Waals surface area contributed by atoms with Crippen molar-refractivity contribution in [2.24, 2.45) is 0 Å². The lowest BCUT2D eigenvalue weighted by Crippen LogP contribution is -2.24. The van der Waals surface area contributed by atoms with E-state index >= 15 is 0 Å². The number of carbonyl (C=O) groups excluding carboxylic acids is 1. The molecule has 0 spiro atoms. The Morgan fingerprint density at radius 3 is 2.85 bits per heavy atom. The van der Waals surface area contributed by atoms with Crippen molar-refractivity contribution >= 4 is 17.2 Å². The molecule has 0 saturated carbocycles. The molecule has 6 heteroatoms. The highest BCUT2D eigenvalue weighted by Gasteiger charge is 2.22. The van der Waals surface area contributed by atoms with Crippen LogP contribution in [0.3, 0.4) is 0 Å². The lowest BCUT2D eigenvalue weighted by molar-refractivity contribution is 0.0958. The lowest BCUT2D eigenvalue weighted by Gasteiger charge is -2.16. The smallest absolute Gasteiger partial charge is 0.261 e. The molecule has 5 nitrogen and oxygen atoms in total. The minimum atomic E-state index is -0.0485. The summed E-state index contributed by atoms with van der Waals surface area (Å²) in [5.41, 5.74) is 3.23. The number of hydrogen-bond donors (Lipinski definition) is 1. The fourth-order valence-electron chi connectivity index (χ4n) is 3.32. The van der Waals surface area contributed by atoms with Gasteiger partial charge in [0.2, 0.25) is 6.79 Å². The summed E-state index contributed by atoms with van der Waals surface area (Å²) < 4.78 is 16.5. The molecule has 0 fully saturated rings. The van der Waals surface area contributed by atoms with E-state index in [1.807, 2.05) is 48.5 Å². The van der Waals surface area contributed by atoms with Crippen molar-refractivity contribution in [1.82, 2.24) is 5.32 Å².